The van der Waals surface area contributed by atoms with Crippen LogP contribution in [-0.4, -0.2) is 84.3 Å². The Bertz CT molecular complexity index is 1230. The molecule has 264 valence electrons. The minimum absolute atomic E-state index is 0.0218. The Morgan fingerprint density at radius 2 is 1.81 bits per heavy atom. The summed E-state index contributed by atoms with van der Waals surface area (Å²) in [7, 11) is 0. The zero-order chi connectivity index (χ0) is 33.4. The van der Waals surface area contributed by atoms with E-state index in [-0.39, 0.29) is 42.1 Å². The molecule has 3 saturated carbocycles. The first-order valence-corrected chi connectivity index (χ1v) is 19.0. The van der Waals surface area contributed by atoms with E-state index >= 15 is 0 Å². The molecule has 7 aliphatic rings. The highest BCUT2D eigenvalue weighted by Crippen LogP contribution is 2.84. The highest BCUT2D eigenvalue weighted by atomic mass is 19.4. The van der Waals surface area contributed by atoms with E-state index < -0.39 is 40.9 Å². The quantitative estimate of drug-likeness (QED) is 0.195. The fourth-order valence-corrected chi connectivity index (χ4v) is 13.1. The Morgan fingerprint density at radius 3 is 2.45 bits per heavy atom. The van der Waals surface area contributed by atoms with Crippen LogP contribution in [0.1, 0.15) is 104 Å². The third-order valence-electron chi connectivity index (χ3n) is 14.9. The first kappa shape index (κ1) is 34.0. The Labute approximate surface area is 279 Å². The number of nitrogens with zero attached hydrogens (tertiary/aromatic N) is 2. The van der Waals surface area contributed by atoms with Crippen molar-refractivity contribution in [3.8, 4) is 0 Å². The third-order valence-corrected chi connectivity index (χ3v) is 14.9. The van der Waals surface area contributed by atoms with Gasteiger partial charge in [-0.2, -0.15) is 13.2 Å². The molecule has 10 atom stereocenters. The summed E-state index contributed by atoms with van der Waals surface area (Å²) < 4.78 is 47.2. The molecule has 3 saturated heterocycles. The SMILES string of the molecule is CC(C)C1=CC2CC3(C=O)[C@@H]4CC[C@@H](C)[C@H]4CC2(C2CC(CCCC(F)(F)F)C(CN4CCC(N5CCCCC5)CC4)O2)C13C(=O)O. The molecule has 6 fully saturated rings. The van der Waals surface area contributed by atoms with Crippen LogP contribution in [-0.2, 0) is 14.3 Å². The minimum atomic E-state index is -4.20. The van der Waals surface area contributed by atoms with Gasteiger partial charge in [-0.1, -0.05) is 45.3 Å². The number of halogens is 3. The Balaban J connectivity index is 1.19. The smallest absolute Gasteiger partial charge is 0.389 e. The number of aliphatic carboxylic acids is 1. The molecule has 3 heterocycles. The van der Waals surface area contributed by atoms with Crippen LogP contribution in [0.15, 0.2) is 11.6 Å². The number of carbonyl (C=O) groups is 2. The zero-order valence-corrected chi connectivity index (χ0v) is 28.8. The largest absolute Gasteiger partial charge is 0.481 e. The van der Waals surface area contributed by atoms with Gasteiger partial charge in [-0.05, 0) is 126 Å². The third kappa shape index (κ3) is 5.12. The number of carbonyl (C=O) groups excluding carboxylic acids is 1. The lowest BCUT2D eigenvalue weighted by molar-refractivity contribution is -0.197. The number of aldehydes is 1. The van der Waals surface area contributed by atoms with Crippen molar-refractivity contribution in [1.29, 1.82) is 0 Å². The molecular formula is C38H57F3N2O4. The predicted octanol–water partition coefficient (Wildman–Crippen LogP) is 7.37. The molecular weight excluding hydrogens is 605 g/mol. The number of carboxylic acid groups (broad SMARTS) is 1. The van der Waals surface area contributed by atoms with Crippen LogP contribution in [0.2, 0.25) is 0 Å². The van der Waals surface area contributed by atoms with Crippen molar-refractivity contribution in [2.45, 2.75) is 129 Å². The van der Waals surface area contributed by atoms with Gasteiger partial charge in [0, 0.05) is 24.4 Å². The average Bonchev–Trinajstić information content (AvgIpc) is 3.74. The van der Waals surface area contributed by atoms with Crippen molar-refractivity contribution >= 4 is 12.3 Å². The number of allylic oxidation sites excluding steroid dienone is 1. The van der Waals surface area contributed by atoms with Gasteiger partial charge in [-0.15, -0.1) is 0 Å². The summed E-state index contributed by atoms with van der Waals surface area (Å²) in [4.78, 5) is 32.7. The fraction of sp³-hybridized carbons (Fsp3) is 0.895. The monoisotopic (exact) mass is 662 g/mol. The van der Waals surface area contributed by atoms with E-state index in [4.69, 9.17) is 4.74 Å². The first-order valence-electron chi connectivity index (χ1n) is 19.0. The number of rotatable bonds is 10. The number of likely N-dealkylation sites (tertiary alicyclic amines) is 2. The molecule has 0 aromatic carbocycles. The molecule has 7 rings (SSSR count). The number of hydrogen-bond donors (Lipinski definition) is 1. The van der Waals surface area contributed by atoms with E-state index in [0.29, 0.717) is 37.8 Å². The lowest BCUT2D eigenvalue weighted by Gasteiger charge is -2.60. The van der Waals surface area contributed by atoms with E-state index in [2.05, 4.69) is 36.6 Å². The number of fused-ring (bicyclic) bond motifs is 2. The number of hydrogen-bond acceptors (Lipinski definition) is 5. The molecule has 0 radical (unpaired) electrons. The molecule has 0 aromatic heterocycles. The number of carboxylic acids is 1. The molecule has 7 unspecified atom stereocenters. The highest BCUT2D eigenvalue weighted by Gasteiger charge is 2.86. The maximum Gasteiger partial charge on any atom is 0.389 e. The van der Waals surface area contributed by atoms with Crippen molar-refractivity contribution in [2.75, 3.05) is 32.7 Å². The van der Waals surface area contributed by atoms with Crippen molar-refractivity contribution in [2.24, 2.45) is 51.8 Å². The van der Waals surface area contributed by atoms with E-state index in [1.165, 1.54) is 32.4 Å². The lowest BCUT2D eigenvalue weighted by Crippen LogP contribution is -2.65. The van der Waals surface area contributed by atoms with Gasteiger partial charge in [0.15, 0.2) is 0 Å². The minimum Gasteiger partial charge on any atom is -0.481 e. The van der Waals surface area contributed by atoms with Gasteiger partial charge in [-0.3, -0.25) is 4.79 Å². The van der Waals surface area contributed by atoms with Crippen molar-refractivity contribution < 1.29 is 32.6 Å². The van der Waals surface area contributed by atoms with E-state index in [1.54, 1.807) is 0 Å². The summed E-state index contributed by atoms with van der Waals surface area (Å²) in [6.07, 6.45) is 7.97. The topological polar surface area (TPSA) is 70.1 Å². The maximum absolute atomic E-state index is 14.0. The van der Waals surface area contributed by atoms with Gasteiger partial charge in [0.1, 0.15) is 11.7 Å². The Hall–Kier alpha value is -1.45. The molecule has 4 aliphatic carbocycles. The molecule has 3 aliphatic heterocycles. The second-order valence-electron chi connectivity index (χ2n) is 17.2. The number of piperidine rings is 2. The zero-order valence-electron chi connectivity index (χ0n) is 28.8. The molecule has 0 amide bonds. The van der Waals surface area contributed by atoms with Crippen LogP contribution in [0.5, 0.6) is 0 Å². The normalized spacial score (nSPS) is 44.2. The lowest BCUT2D eigenvalue weighted by atomic mass is 9.41. The first-order chi connectivity index (χ1) is 22.4. The predicted molar refractivity (Wildman–Crippen MR) is 174 cm³/mol. The van der Waals surface area contributed by atoms with E-state index in [1.807, 2.05) is 0 Å². The van der Waals surface area contributed by atoms with Crippen LogP contribution < -0.4 is 0 Å². The molecule has 6 nitrogen and oxygen atoms in total. The Morgan fingerprint density at radius 1 is 1.09 bits per heavy atom. The van der Waals surface area contributed by atoms with Gasteiger partial charge in [0.2, 0.25) is 0 Å². The number of alkyl halides is 3. The van der Waals surface area contributed by atoms with Gasteiger partial charge in [0.25, 0.3) is 0 Å². The molecule has 0 aromatic rings. The summed E-state index contributed by atoms with van der Waals surface area (Å²) in [6, 6.07) is 0.607. The second-order valence-corrected chi connectivity index (χ2v) is 17.2. The Kier molecular flexibility index (Phi) is 8.97. The van der Waals surface area contributed by atoms with Gasteiger partial charge in [0.05, 0.1) is 17.6 Å². The standard InChI is InChI=1S/C38H57F3N2O4/c1-24(2)31-19-27-20-35(23-44)30-10-9-25(3)29(30)21-36(27,38(31,35)34(45)46)33-18-26(8-7-13-37(39,40)41)32(47-33)22-42-16-11-28(12-17-42)43-14-5-4-6-15-43/h19,23-30,32-33H,4-18,20-22H2,1-3H3,(H,45,46)/t25-,26?,27?,29-,30-,32?,33?,35?,36?,38?/m1/s1. The van der Waals surface area contributed by atoms with Crippen LogP contribution in [0, 0.1) is 51.8 Å². The van der Waals surface area contributed by atoms with Gasteiger partial charge < -0.3 is 24.4 Å². The fourth-order valence-electron chi connectivity index (χ4n) is 13.1. The summed E-state index contributed by atoms with van der Waals surface area (Å²) in [5.41, 5.74) is -2.15. The molecule has 9 heteroatoms. The second kappa shape index (κ2) is 12.4. The van der Waals surface area contributed by atoms with Crippen LogP contribution in [0.3, 0.4) is 0 Å². The van der Waals surface area contributed by atoms with Crippen molar-refractivity contribution in [3.63, 3.8) is 0 Å². The molecule has 4 bridgehead atoms. The summed E-state index contributed by atoms with van der Waals surface area (Å²) >= 11 is 0. The summed E-state index contributed by atoms with van der Waals surface area (Å²) in [5.74, 6) is -0.321. The molecule has 1 N–H and O–H groups in total. The van der Waals surface area contributed by atoms with E-state index in [9.17, 15) is 27.9 Å². The molecule has 0 spiro atoms. The van der Waals surface area contributed by atoms with Gasteiger partial charge in [-0.25, -0.2) is 0 Å². The van der Waals surface area contributed by atoms with Crippen LogP contribution >= 0.6 is 0 Å². The molecule has 47 heavy (non-hydrogen) atoms. The van der Waals surface area contributed by atoms with Crippen molar-refractivity contribution in [1.82, 2.24) is 9.80 Å². The summed E-state index contributed by atoms with van der Waals surface area (Å²) in [5, 5.41) is 11.5. The maximum atomic E-state index is 14.0. The number of ether oxygens (including phenoxy) is 1. The van der Waals surface area contributed by atoms with Crippen LogP contribution in [0.25, 0.3) is 0 Å². The van der Waals surface area contributed by atoms with Crippen LogP contribution in [0.4, 0.5) is 13.2 Å². The van der Waals surface area contributed by atoms with Crippen molar-refractivity contribution in [3.05, 3.63) is 11.6 Å². The van der Waals surface area contributed by atoms with E-state index in [0.717, 1.165) is 57.1 Å². The van der Waals surface area contributed by atoms with Gasteiger partial charge >= 0.3 is 12.1 Å². The highest BCUT2D eigenvalue weighted by molar-refractivity contribution is 5.90. The summed E-state index contributed by atoms with van der Waals surface area (Å²) in [6.45, 7) is 11.3. The average molecular weight is 663 g/mol.